The van der Waals surface area contributed by atoms with Gasteiger partial charge < -0.3 is 14.6 Å². The Morgan fingerprint density at radius 2 is 1.91 bits per heavy atom. The first-order valence-electron chi connectivity index (χ1n) is 9.14. The number of rotatable bonds is 7. The van der Waals surface area contributed by atoms with Crippen LogP contribution in [0.25, 0.3) is 10.6 Å². The first-order chi connectivity index (χ1) is 15.4. The van der Waals surface area contributed by atoms with Crippen LogP contribution in [0.2, 0.25) is 0 Å². The van der Waals surface area contributed by atoms with Crippen LogP contribution in [0.5, 0.6) is 5.75 Å². The molecule has 0 aliphatic heterocycles. The Balaban J connectivity index is 1.55. The second-order valence-electron chi connectivity index (χ2n) is 6.48. The minimum absolute atomic E-state index is 0.0673. The molecule has 0 aliphatic rings. The lowest BCUT2D eigenvalue weighted by Crippen LogP contribution is -2.15. The van der Waals surface area contributed by atoms with Crippen molar-refractivity contribution in [3.63, 3.8) is 0 Å². The second kappa shape index (κ2) is 8.81. The quantitative estimate of drug-likeness (QED) is 0.406. The molecule has 0 spiro atoms. The highest BCUT2D eigenvalue weighted by Gasteiger charge is 2.19. The lowest BCUT2D eigenvalue weighted by Gasteiger charge is -2.14. The van der Waals surface area contributed by atoms with Crippen molar-refractivity contribution in [2.45, 2.75) is 4.90 Å². The van der Waals surface area contributed by atoms with Crippen molar-refractivity contribution >= 4 is 38.6 Å². The molecule has 0 radical (unpaired) electrons. The van der Waals surface area contributed by atoms with Crippen LogP contribution in [-0.4, -0.2) is 26.6 Å². The highest BCUT2D eigenvalue weighted by Crippen LogP contribution is 2.31. The van der Waals surface area contributed by atoms with E-state index in [1.54, 1.807) is 6.07 Å². The summed E-state index contributed by atoms with van der Waals surface area (Å²) in [7, 11) is -2.64. The van der Waals surface area contributed by atoms with E-state index in [1.165, 1.54) is 36.6 Å². The summed E-state index contributed by atoms with van der Waals surface area (Å²) in [6.45, 7) is 0. The molecule has 2 N–H and O–H groups in total. The van der Waals surface area contributed by atoms with Gasteiger partial charge in [-0.15, -0.1) is 11.3 Å². The number of nitrogens with zero attached hydrogens (tertiary/aromatic N) is 1. The number of halogens is 1. The smallest absolute Gasteiger partial charge is 0.277 e. The average Bonchev–Trinajstić information content (AvgIpc) is 3.46. The van der Waals surface area contributed by atoms with E-state index in [0.717, 1.165) is 29.1 Å². The van der Waals surface area contributed by atoms with E-state index in [1.807, 2.05) is 17.5 Å². The number of hydrogen-bond acceptors (Lipinski definition) is 7. The molecule has 11 heteroatoms. The predicted molar refractivity (Wildman–Crippen MR) is 118 cm³/mol. The zero-order valence-corrected chi connectivity index (χ0v) is 18.2. The van der Waals surface area contributed by atoms with Gasteiger partial charge in [-0.3, -0.25) is 9.52 Å². The largest absolute Gasteiger partial charge is 0.495 e. The van der Waals surface area contributed by atoms with E-state index in [-0.39, 0.29) is 22.0 Å². The molecule has 0 bridgehead atoms. The van der Waals surface area contributed by atoms with E-state index < -0.39 is 21.7 Å². The van der Waals surface area contributed by atoms with Crippen molar-refractivity contribution < 1.29 is 26.9 Å². The Morgan fingerprint density at radius 3 is 2.59 bits per heavy atom. The summed E-state index contributed by atoms with van der Waals surface area (Å²) in [5.74, 6) is -0.391. The molecule has 0 fully saturated rings. The fraction of sp³-hybridized carbons (Fsp3) is 0.0476. The number of carbonyl (C=O) groups is 1. The molecule has 0 saturated heterocycles. The second-order valence-corrected chi connectivity index (χ2v) is 9.11. The Hall–Kier alpha value is -3.70. The van der Waals surface area contributed by atoms with E-state index in [4.69, 9.17) is 9.26 Å². The maximum absolute atomic E-state index is 13.1. The van der Waals surface area contributed by atoms with Crippen molar-refractivity contribution in [2.75, 3.05) is 17.1 Å². The molecule has 4 rings (SSSR count). The maximum Gasteiger partial charge on any atom is 0.277 e. The maximum atomic E-state index is 13.1. The third-order valence-electron chi connectivity index (χ3n) is 4.33. The normalized spacial score (nSPS) is 11.2. The van der Waals surface area contributed by atoms with Gasteiger partial charge in [-0.25, -0.2) is 12.8 Å². The summed E-state index contributed by atoms with van der Waals surface area (Å²) in [4.78, 5) is 13.3. The highest BCUT2D eigenvalue weighted by atomic mass is 32.2. The lowest BCUT2D eigenvalue weighted by molar-refractivity contribution is 0.101. The number of carbonyl (C=O) groups excluding carboxylic acids is 1. The van der Waals surface area contributed by atoms with Gasteiger partial charge in [0, 0.05) is 11.8 Å². The van der Waals surface area contributed by atoms with Gasteiger partial charge in [0.05, 0.1) is 22.6 Å². The summed E-state index contributed by atoms with van der Waals surface area (Å²) in [6.07, 6.45) is 0. The highest BCUT2D eigenvalue weighted by molar-refractivity contribution is 7.92. The molecule has 0 atom stereocenters. The van der Waals surface area contributed by atoms with Crippen molar-refractivity contribution in [2.24, 2.45) is 0 Å². The number of hydrogen-bond donors (Lipinski definition) is 2. The molecular weight excluding hydrogens is 457 g/mol. The van der Waals surface area contributed by atoms with Gasteiger partial charge >= 0.3 is 0 Å². The third-order valence-corrected chi connectivity index (χ3v) is 6.60. The number of amides is 1. The zero-order chi connectivity index (χ0) is 22.7. The van der Waals surface area contributed by atoms with E-state index in [9.17, 15) is 17.6 Å². The monoisotopic (exact) mass is 473 g/mol. The number of thiophene rings is 1. The summed E-state index contributed by atoms with van der Waals surface area (Å²) in [5, 5.41) is 8.31. The molecule has 2 heterocycles. The third kappa shape index (κ3) is 4.63. The molecule has 0 aliphatic carbocycles. The van der Waals surface area contributed by atoms with Crippen LogP contribution in [0, 0.1) is 5.82 Å². The summed E-state index contributed by atoms with van der Waals surface area (Å²) in [6, 6.07) is 14.0. The number of methoxy groups -OCH3 is 1. The van der Waals surface area contributed by atoms with E-state index >= 15 is 0 Å². The Labute approximate surface area is 186 Å². The molecule has 1 amide bonds. The van der Waals surface area contributed by atoms with Crippen molar-refractivity contribution in [3.05, 3.63) is 77.6 Å². The van der Waals surface area contributed by atoms with E-state index in [2.05, 4.69) is 15.2 Å². The molecule has 4 aromatic rings. The molecule has 8 nitrogen and oxygen atoms in total. The van der Waals surface area contributed by atoms with Gasteiger partial charge in [0.1, 0.15) is 11.6 Å². The fourth-order valence-corrected chi connectivity index (χ4v) is 4.53. The fourth-order valence-electron chi connectivity index (χ4n) is 2.80. The summed E-state index contributed by atoms with van der Waals surface area (Å²) in [5.41, 5.74) is 0.458. The van der Waals surface area contributed by atoms with Gasteiger partial charge in [-0.1, -0.05) is 11.2 Å². The number of sulfonamides is 1. The number of nitrogens with one attached hydrogen (secondary N) is 2. The van der Waals surface area contributed by atoms with Crippen LogP contribution in [-0.2, 0) is 10.0 Å². The number of anilines is 2. The SMILES string of the molecule is COc1ccc(NC(=O)c2cc(-c3cccs3)on2)cc1NS(=O)(=O)c1ccc(F)cc1. The Morgan fingerprint density at radius 1 is 1.12 bits per heavy atom. The number of aromatic nitrogens is 1. The van der Waals surface area contributed by atoms with Crippen LogP contribution in [0.4, 0.5) is 15.8 Å². The number of ether oxygens (including phenoxy) is 1. The standard InChI is InChI=1S/C21H16FN3O5S2/c1-29-18-9-6-14(11-16(18)25-32(27,28)15-7-4-13(22)5-8-15)23-21(26)17-12-19(30-24-17)20-3-2-10-31-20/h2-12,25H,1H3,(H,23,26). The molecule has 32 heavy (non-hydrogen) atoms. The molecule has 0 unspecified atom stereocenters. The van der Waals surface area contributed by atoms with Crippen LogP contribution in [0.1, 0.15) is 10.5 Å². The van der Waals surface area contributed by atoms with Crippen LogP contribution in [0.3, 0.4) is 0 Å². The molecular formula is C21H16FN3O5S2. The molecule has 2 aromatic heterocycles. The van der Waals surface area contributed by atoms with E-state index in [0.29, 0.717) is 11.4 Å². The minimum atomic E-state index is -4.02. The number of benzene rings is 2. The Bertz CT molecular complexity index is 1350. The van der Waals surface area contributed by atoms with Crippen LogP contribution < -0.4 is 14.8 Å². The predicted octanol–water partition coefficient (Wildman–Crippen LogP) is 4.60. The zero-order valence-electron chi connectivity index (χ0n) is 16.5. The summed E-state index contributed by atoms with van der Waals surface area (Å²) >= 11 is 1.45. The topological polar surface area (TPSA) is 111 Å². The first-order valence-corrected chi connectivity index (χ1v) is 11.5. The minimum Gasteiger partial charge on any atom is -0.495 e. The van der Waals surface area contributed by atoms with Crippen LogP contribution in [0.15, 0.2) is 75.5 Å². The van der Waals surface area contributed by atoms with Crippen molar-refractivity contribution in [1.82, 2.24) is 5.16 Å². The first kappa shape index (κ1) is 21.5. The average molecular weight is 474 g/mol. The van der Waals surface area contributed by atoms with Crippen molar-refractivity contribution in [3.8, 4) is 16.4 Å². The molecule has 164 valence electrons. The van der Waals surface area contributed by atoms with Gasteiger partial charge in [0.2, 0.25) is 0 Å². The molecule has 0 saturated carbocycles. The van der Waals surface area contributed by atoms with Gasteiger partial charge in [0.15, 0.2) is 11.5 Å². The summed E-state index contributed by atoms with van der Waals surface area (Å²) < 4.78 is 51.2. The van der Waals surface area contributed by atoms with Gasteiger partial charge in [-0.05, 0) is 53.9 Å². The van der Waals surface area contributed by atoms with Crippen LogP contribution >= 0.6 is 11.3 Å². The van der Waals surface area contributed by atoms with Crippen molar-refractivity contribution in [1.29, 1.82) is 0 Å². The molecule has 2 aromatic carbocycles. The van der Waals surface area contributed by atoms with Gasteiger partial charge in [0.25, 0.3) is 15.9 Å². The Kier molecular flexibility index (Phi) is 5.93. The lowest BCUT2D eigenvalue weighted by atomic mass is 10.2. The van der Waals surface area contributed by atoms with Gasteiger partial charge in [-0.2, -0.15) is 0 Å².